The summed E-state index contributed by atoms with van der Waals surface area (Å²) in [4.78, 5) is 124. The summed E-state index contributed by atoms with van der Waals surface area (Å²) in [7, 11) is 0. The number of aromatic hydroxyl groups is 2. The second kappa shape index (κ2) is 30.5. The van der Waals surface area contributed by atoms with Crippen LogP contribution in [0.1, 0.15) is 72.4 Å². The number of phenolic OH excluding ortho intramolecular Hbond substituents is 2. The lowest BCUT2D eigenvalue weighted by Crippen LogP contribution is -2.63. The highest BCUT2D eigenvalue weighted by molar-refractivity contribution is 5.98. The molecule has 0 saturated heterocycles. The van der Waals surface area contributed by atoms with Crippen LogP contribution in [0.2, 0.25) is 0 Å². The average molecular weight is 1060 g/mol. The van der Waals surface area contributed by atoms with Crippen molar-refractivity contribution in [3.63, 3.8) is 0 Å². The van der Waals surface area contributed by atoms with Gasteiger partial charge < -0.3 is 90.4 Å². The van der Waals surface area contributed by atoms with Crippen LogP contribution in [0.25, 0.3) is 0 Å². The van der Waals surface area contributed by atoms with Crippen LogP contribution in [0.5, 0.6) is 11.5 Å². The molecule has 0 heterocycles. The van der Waals surface area contributed by atoms with Gasteiger partial charge in [0.15, 0.2) is 5.96 Å². The van der Waals surface area contributed by atoms with Crippen molar-refractivity contribution in [2.45, 2.75) is 141 Å². The van der Waals surface area contributed by atoms with Crippen molar-refractivity contribution in [3.8, 4) is 11.5 Å². The third kappa shape index (κ3) is 21.8. The maximum absolute atomic E-state index is 14.1. The number of aliphatic hydroxyl groups is 3. The molecular formula is C48H74N12O15. The summed E-state index contributed by atoms with van der Waals surface area (Å²) in [5, 5.41) is 79.6. The number of nitrogens with two attached hydrogens (primary N) is 3. The number of phenols is 2. The van der Waals surface area contributed by atoms with Crippen molar-refractivity contribution in [2.75, 3.05) is 13.1 Å². The summed E-state index contributed by atoms with van der Waals surface area (Å²) in [5.41, 5.74) is 17.8. The van der Waals surface area contributed by atoms with Gasteiger partial charge in [0.25, 0.3) is 0 Å². The predicted molar refractivity (Wildman–Crippen MR) is 270 cm³/mol. The van der Waals surface area contributed by atoms with Gasteiger partial charge in [0.1, 0.15) is 53.8 Å². The van der Waals surface area contributed by atoms with Gasteiger partial charge in [0.2, 0.25) is 47.3 Å². The molecule has 8 amide bonds. The van der Waals surface area contributed by atoms with E-state index in [2.05, 4.69) is 47.5 Å². The molecule has 2 aromatic rings. The van der Waals surface area contributed by atoms with E-state index in [9.17, 15) is 73.8 Å². The number of nitrogens with one attached hydrogen (secondary N) is 8. The number of guanidine groups is 1. The van der Waals surface area contributed by atoms with Gasteiger partial charge in [0.05, 0.1) is 30.9 Å². The summed E-state index contributed by atoms with van der Waals surface area (Å²) in [6.07, 6.45) is -5.50. The number of aliphatic hydroxyl groups excluding tert-OH is 3. The minimum atomic E-state index is -1.90. The van der Waals surface area contributed by atoms with E-state index in [0.29, 0.717) is 11.1 Å². The van der Waals surface area contributed by atoms with Gasteiger partial charge >= 0.3 is 5.97 Å². The van der Waals surface area contributed by atoms with Crippen molar-refractivity contribution in [1.82, 2.24) is 42.5 Å². The highest BCUT2D eigenvalue weighted by Gasteiger charge is 2.37. The molecule has 20 N–H and O–H groups in total. The van der Waals surface area contributed by atoms with Gasteiger partial charge in [-0.2, -0.15) is 0 Å². The van der Waals surface area contributed by atoms with Gasteiger partial charge in [-0.1, -0.05) is 52.0 Å². The van der Waals surface area contributed by atoms with Crippen LogP contribution in [0.15, 0.2) is 53.5 Å². The SMILES string of the molecule is CC(C)[C@H](N)C(=O)N[C@H](C(=O)N[C@@H](Cc1ccc(O)cc1)C(=O)N[C@@H](CCCN=C(N)N)C(=O)NCC(=O)N[C@H](C(=O)N[C@H](C(=O)N[C@H](C(=O)N[C@@H](Cc1ccc(O)cc1)C(=O)O)[C@@H](C)O)[C@@H](C)O)[C@@H](C)O)C(C)C. The maximum Gasteiger partial charge on any atom is 0.326 e. The number of hydrogen-bond acceptors (Lipinski definition) is 16. The Morgan fingerprint density at radius 3 is 1.33 bits per heavy atom. The fourth-order valence-corrected chi connectivity index (χ4v) is 7.02. The Kier molecular flexibility index (Phi) is 25.9. The van der Waals surface area contributed by atoms with E-state index in [0.717, 1.165) is 20.8 Å². The van der Waals surface area contributed by atoms with E-state index in [4.69, 9.17) is 17.2 Å². The molecule has 0 aliphatic heterocycles. The summed E-state index contributed by atoms with van der Waals surface area (Å²) in [6.45, 7) is 9.20. The zero-order valence-corrected chi connectivity index (χ0v) is 42.9. The van der Waals surface area contributed by atoms with E-state index in [1.54, 1.807) is 27.7 Å². The van der Waals surface area contributed by atoms with E-state index < -0.39 is 132 Å². The first-order chi connectivity index (χ1) is 35.0. The average Bonchev–Trinajstić information content (AvgIpc) is 3.32. The third-order valence-electron chi connectivity index (χ3n) is 11.5. The summed E-state index contributed by atoms with van der Waals surface area (Å²) in [6, 6.07) is -0.901. The van der Waals surface area contributed by atoms with Crippen molar-refractivity contribution >= 4 is 59.2 Å². The van der Waals surface area contributed by atoms with E-state index >= 15 is 0 Å². The number of hydrogen-bond donors (Lipinski definition) is 17. The number of carboxylic acids is 1. The normalized spacial score (nSPS) is 15.6. The van der Waals surface area contributed by atoms with Gasteiger partial charge in [-0.25, -0.2) is 4.79 Å². The zero-order chi connectivity index (χ0) is 56.9. The second-order valence-corrected chi connectivity index (χ2v) is 18.7. The Balaban J connectivity index is 2.28. The van der Waals surface area contributed by atoms with Crippen molar-refractivity contribution in [1.29, 1.82) is 0 Å². The highest BCUT2D eigenvalue weighted by Crippen LogP contribution is 2.15. The fraction of sp³-hybridized carbons (Fsp3) is 0.542. The fourth-order valence-electron chi connectivity index (χ4n) is 7.02. The minimum Gasteiger partial charge on any atom is -0.508 e. The highest BCUT2D eigenvalue weighted by atomic mass is 16.4. The van der Waals surface area contributed by atoms with Crippen LogP contribution in [-0.4, -0.2) is 170 Å². The molecule has 0 saturated carbocycles. The molecule has 27 nitrogen and oxygen atoms in total. The molecule has 11 atom stereocenters. The first-order valence-corrected chi connectivity index (χ1v) is 24.1. The number of benzene rings is 2. The molecule has 75 heavy (non-hydrogen) atoms. The van der Waals surface area contributed by atoms with E-state index in [-0.39, 0.29) is 55.6 Å². The maximum atomic E-state index is 14.1. The van der Waals surface area contributed by atoms with Crippen molar-refractivity contribution < 1.29 is 73.8 Å². The molecule has 416 valence electrons. The van der Waals surface area contributed by atoms with Crippen LogP contribution >= 0.6 is 0 Å². The molecule has 0 aliphatic carbocycles. The second-order valence-electron chi connectivity index (χ2n) is 18.7. The van der Waals surface area contributed by atoms with E-state index in [1.165, 1.54) is 48.5 Å². The number of aliphatic carboxylic acids is 1. The van der Waals surface area contributed by atoms with Gasteiger partial charge in [0, 0.05) is 19.4 Å². The number of nitrogens with zero attached hydrogens (tertiary/aromatic N) is 1. The molecule has 0 aromatic heterocycles. The quantitative estimate of drug-likeness (QED) is 0.0199. The van der Waals surface area contributed by atoms with Crippen LogP contribution in [0.4, 0.5) is 0 Å². The van der Waals surface area contributed by atoms with Crippen molar-refractivity contribution in [2.24, 2.45) is 34.0 Å². The van der Waals surface area contributed by atoms with Crippen LogP contribution in [0.3, 0.4) is 0 Å². The number of carboxylic acid groups (broad SMARTS) is 1. The van der Waals surface area contributed by atoms with Crippen LogP contribution < -0.4 is 59.7 Å². The molecule has 2 rings (SSSR count). The molecule has 0 fully saturated rings. The molecular weight excluding hydrogens is 985 g/mol. The third-order valence-corrected chi connectivity index (χ3v) is 11.5. The number of carbonyl (C=O) groups is 9. The van der Waals surface area contributed by atoms with Gasteiger partial charge in [-0.05, 0) is 80.8 Å². The Bertz CT molecular complexity index is 2290. The molecule has 0 bridgehead atoms. The predicted octanol–water partition coefficient (Wildman–Crippen LogP) is -4.69. The Morgan fingerprint density at radius 1 is 0.507 bits per heavy atom. The topological polar surface area (TPSA) is 462 Å². The Morgan fingerprint density at radius 2 is 0.907 bits per heavy atom. The monoisotopic (exact) mass is 1060 g/mol. The lowest BCUT2D eigenvalue weighted by molar-refractivity contribution is -0.143. The number of aliphatic imine (C=N–C) groups is 1. The standard InChI is InChI=1S/C48H74N12O15/c1-22(2)35(49)42(69)58-36(23(3)4)43(70)55-32(19-27-10-14-29(64)15-11-27)41(68)54-31(9-8-18-52-48(50)51)40(67)53-21-34(66)57-37(24(5)61)45(72)60-39(26(7)63)46(73)59-38(25(6)62)44(71)56-33(47(74)75)20-28-12-16-30(65)17-13-28/h10-17,22-26,31-33,35-39,61-65H,8-9,18-21,49H2,1-7H3,(H,53,67)(H,54,68)(H,55,70)(H,56,71)(H,57,66)(H,58,69)(H,59,73)(H,60,72)(H,74,75)(H4,50,51,52)/t24-,25-,26-,31+,32+,33+,35+,36+,37+,38+,39+/m1/s1. The van der Waals surface area contributed by atoms with Crippen molar-refractivity contribution in [3.05, 3.63) is 59.7 Å². The smallest absolute Gasteiger partial charge is 0.326 e. The molecule has 0 aliphatic rings. The summed E-state index contributed by atoms with van der Waals surface area (Å²) in [5.74, 6) is -10.5. The number of rotatable bonds is 30. The largest absolute Gasteiger partial charge is 0.508 e. The molecule has 0 unspecified atom stereocenters. The Labute approximate surface area is 433 Å². The minimum absolute atomic E-state index is 0.00122. The molecule has 2 aromatic carbocycles. The van der Waals surface area contributed by atoms with E-state index in [1.807, 2.05) is 0 Å². The van der Waals surface area contributed by atoms with Gasteiger partial charge in [-0.15, -0.1) is 0 Å². The number of carbonyl (C=O) groups excluding carboxylic acids is 8. The first kappa shape index (κ1) is 63.5. The molecule has 0 radical (unpaired) electrons. The first-order valence-electron chi connectivity index (χ1n) is 24.1. The zero-order valence-electron chi connectivity index (χ0n) is 42.9. The summed E-state index contributed by atoms with van der Waals surface area (Å²) < 4.78 is 0. The van der Waals surface area contributed by atoms with Gasteiger partial charge in [-0.3, -0.25) is 43.3 Å². The Hall–Kier alpha value is -7.62. The van der Waals surface area contributed by atoms with Crippen LogP contribution in [0, 0.1) is 11.8 Å². The van der Waals surface area contributed by atoms with Crippen LogP contribution in [-0.2, 0) is 56.0 Å². The lowest BCUT2D eigenvalue weighted by atomic mass is 9.99. The lowest BCUT2D eigenvalue weighted by Gasteiger charge is -2.29. The number of amides is 8. The summed E-state index contributed by atoms with van der Waals surface area (Å²) >= 11 is 0. The molecule has 0 spiro atoms. The molecule has 27 heteroatoms.